The van der Waals surface area contributed by atoms with Gasteiger partial charge in [0.05, 0.1) is 44.7 Å². The van der Waals surface area contributed by atoms with Crippen LogP contribution in [0.15, 0.2) is 71.2 Å². The first-order chi connectivity index (χ1) is 30.8. The number of benzene rings is 3. The van der Waals surface area contributed by atoms with E-state index in [-0.39, 0.29) is 49.7 Å². The Kier molecular flexibility index (Phi) is 20.4. The van der Waals surface area contributed by atoms with Crippen LogP contribution in [0.25, 0.3) is 33.4 Å². The van der Waals surface area contributed by atoms with E-state index in [1.807, 2.05) is 43.4 Å². The van der Waals surface area contributed by atoms with Crippen molar-refractivity contribution in [3.63, 3.8) is 0 Å². The number of carbonyl (C=O) groups excluding carboxylic acids is 4. The molecule has 1 heterocycles. The van der Waals surface area contributed by atoms with Crippen LogP contribution in [0.4, 0.5) is 5.69 Å². The molecule has 1 aliphatic carbocycles. The monoisotopic (exact) mass is 885 g/mol. The lowest BCUT2D eigenvalue weighted by Crippen LogP contribution is -2.45. The summed E-state index contributed by atoms with van der Waals surface area (Å²) in [6.45, 7) is 17.4. The van der Waals surface area contributed by atoms with E-state index in [0.29, 0.717) is 80.2 Å². The number of ether oxygens (including phenoxy) is 3. The lowest BCUT2D eigenvalue weighted by atomic mass is 9.89. The van der Waals surface area contributed by atoms with E-state index in [9.17, 15) is 29.1 Å². The predicted molar refractivity (Wildman–Crippen MR) is 247 cm³/mol. The second-order valence-electron chi connectivity index (χ2n) is 15.3. The fourth-order valence-corrected chi connectivity index (χ4v) is 7.03. The quantitative estimate of drug-likeness (QED) is 0.0247. The molecule has 4 rings (SSSR count). The van der Waals surface area contributed by atoms with Crippen LogP contribution >= 0.6 is 0 Å². The molecule has 0 aromatic heterocycles. The lowest BCUT2D eigenvalue weighted by molar-refractivity contribution is -0.128. The fourth-order valence-electron chi connectivity index (χ4n) is 7.03. The number of nitrogens with zero attached hydrogens (tertiary/aromatic N) is 2. The van der Waals surface area contributed by atoms with Gasteiger partial charge in [-0.1, -0.05) is 18.7 Å². The molecule has 0 spiro atoms. The molecule has 16 nitrogen and oxygen atoms in total. The van der Waals surface area contributed by atoms with Crippen LogP contribution in [0.3, 0.4) is 0 Å². The first-order valence-electron chi connectivity index (χ1n) is 21.9. The predicted octanol–water partition coefficient (Wildman–Crippen LogP) is 4.32. The number of carboxylic acid groups (broad SMARTS) is 1. The third kappa shape index (κ3) is 15.0. The van der Waals surface area contributed by atoms with Crippen molar-refractivity contribution in [1.82, 2.24) is 25.8 Å². The molecule has 0 saturated carbocycles. The van der Waals surface area contributed by atoms with E-state index < -0.39 is 17.9 Å². The van der Waals surface area contributed by atoms with Gasteiger partial charge in [-0.15, -0.1) is 0 Å². The normalized spacial score (nSPS) is 12.1. The molecular weight excluding hydrogens is 821 g/mol. The van der Waals surface area contributed by atoms with Gasteiger partial charge >= 0.3 is 5.97 Å². The summed E-state index contributed by atoms with van der Waals surface area (Å²) in [5.74, 6) is -1.76. The molecule has 0 radical (unpaired) electrons. The highest BCUT2D eigenvalue weighted by Gasteiger charge is 2.24. The van der Waals surface area contributed by atoms with Crippen LogP contribution in [0.1, 0.15) is 69.8 Å². The topological polar surface area (TPSA) is 201 Å². The Morgan fingerprint density at radius 1 is 0.812 bits per heavy atom. The van der Waals surface area contributed by atoms with Gasteiger partial charge in [0.15, 0.2) is 0 Å². The van der Waals surface area contributed by atoms with Gasteiger partial charge in [-0.05, 0) is 82.3 Å². The van der Waals surface area contributed by atoms with Crippen molar-refractivity contribution in [3.05, 3.63) is 83.2 Å². The SMILES string of the molecule is C=C(C)C(=O)NCCOCCOCCOCC(=O)NCCCCC(NC(C)=O)C(=O)NCc1ccc(-c2c3ccc(=[N+](C)CC)cc-3oc3cc(N(CC)CC)ccc23)c(C(=O)O)c1. The zero-order valence-corrected chi connectivity index (χ0v) is 38.1. The minimum atomic E-state index is -1.12. The third-order valence-corrected chi connectivity index (χ3v) is 10.6. The number of hydrogen-bond acceptors (Lipinski definition) is 10. The highest BCUT2D eigenvalue weighted by Crippen LogP contribution is 2.42. The zero-order valence-electron chi connectivity index (χ0n) is 38.1. The van der Waals surface area contributed by atoms with Gasteiger partial charge < -0.3 is 49.9 Å². The van der Waals surface area contributed by atoms with Crippen molar-refractivity contribution in [2.75, 3.05) is 84.3 Å². The van der Waals surface area contributed by atoms with Gasteiger partial charge in [0.25, 0.3) is 0 Å². The van der Waals surface area contributed by atoms with E-state index in [1.54, 1.807) is 25.1 Å². The summed E-state index contributed by atoms with van der Waals surface area (Å²) in [6.07, 6.45) is 1.42. The average Bonchev–Trinajstić information content (AvgIpc) is 3.28. The zero-order chi connectivity index (χ0) is 46.6. The van der Waals surface area contributed by atoms with Crippen molar-refractivity contribution < 1.29 is 47.7 Å². The molecule has 64 heavy (non-hydrogen) atoms. The summed E-state index contributed by atoms with van der Waals surface area (Å²) < 4.78 is 24.8. The summed E-state index contributed by atoms with van der Waals surface area (Å²) in [5, 5.41) is 23.3. The minimum Gasteiger partial charge on any atom is -0.478 e. The standard InChI is InChI=1S/C48H64N6O10/c1-8-53(7)35-15-18-38-42(28-35)64-43-29-36(54(9-2)10-3)16-19-39(43)45(38)37-17-14-34(27-40(37)48(59)60)30-51-47(58)41(52-33(6)55)13-11-12-20-49-44(56)31-63-26-25-62-24-23-61-22-21-50-46(57)32(4)5/h14-19,27-29,41H,4,8-13,20-26,30-31H2,1-3,5-7H3,(H4-,49,50,51,52,55,56,57,58,59,60)/p+1. The number of aromatic carboxylic acids is 1. The molecule has 0 bridgehead atoms. The van der Waals surface area contributed by atoms with Gasteiger partial charge in [-0.2, -0.15) is 0 Å². The number of fused-ring (bicyclic) bond motifs is 2. The van der Waals surface area contributed by atoms with Crippen LogP contribution in [-0.4, -0.2) is 120 Å². The summed E-state index contributed by atoms with van der Waals surface area (Å²) in [7, 11) is 2.00. The molecule has 0 fully saturated rings. The number of unbranched alkanes of at least 4 members (excludes halogenated alkanes) is 1. The molecule has 1 atom stereocenters. The Balaban J connectivity index is 1.32. The highest BCUT2D eigenvalue weighted by molar-refractivity contribution is 6.08. The van der Waals surface area contributed by atoms with Crippen LogP contribution < -0.4 is 36.1 Å². The first kappa shape index (κ1) is 50.5. The summed E-state index contributed by atoms with van der Waals surface area (Å²) in [4.78, 5) is 64.2. The Morgan fingerprint density at radius 3 is 2.19 bits per heavy atom. The van der Waals surface area contributed by atoms with Crippen molar-refractivity contribution in [2.45, 2.75) is 66.5 Å². The van der Waals surface area contributed by atoms with E-state index in [4.69, 9.17) is 18.6 Å². The number of anilines is 1. The Morgan fingerprint density at radius 2 is 1.52 bits per heavy atom. The average molecular weight is 886 g/mol. The molecule has 4 amide bonds. The summed E-state index contributed by atoms with van der Waals surface area (Å²) >= 11 is 0. The smallest absolute Gasteiger partial charge is 0.336 e. The number of carbonyl (C=O) groups is 5. The van der Waals surface area contributed by atoms with Gasteiger partial charge in [0, 0.05) is 79.6 Å². The maximum absolute atomic E-state index is 13.4. The van der Waals surface area contributed by atoms with Gasteiger partial charge in [0.2, 0.25) is 29.0 Å². The molecule has 1 unspecified atom stereocenters. The van der Waals surface area contributed by atoms with Gasteiger partial charge in [-0.3, -0.25) is 19.2 Å². The Hall–Kier alpha value is -6.10. The molecule has 346 valence electrons. The van der Waals surface area contributed by atoms with Crippen LogP contribution in [0, 0.1) is 0 Å². The molecule has 2 aromatic rings. The first-order valence-corrected chi connectivity index (χ1v) is 21.9. The number of hydrogen-bond donors (Lipinski definition) is 5. The number of carboxylic acids is 1. The molecule has 0 saturated heterocycles. The second kappa shape index (κ2) is 25.9. The number of amides is 4. The molecule has 1 aliphatic heterocycles. The van der Waals surface area contributed by atoms with Gasteiger partial charge in [-0.25, -0.2) is 9.37 Å². The second-order valence-corrected chi connectivity index (χ2v) is 15.3. The van der Waals surface area contributed by atoms with Crippen molar-refractivity contribution in [1.29, 1.82) is 0 Å². The molecule has 5 N–H and O–H groups in total. The summed E-state index contributed by atoms with van der Waals surface area (Å²) in [5.41, 5.74) is 4.74. The largest absolute Gasteiger partial charge is 0.478 e. The molecular formula is C48H65N6O10+. The highest BCUT2D eigenvalue weighted by atomic mass is 16.5. The van der Waals surface area contributed by atoms with E-state index in [1.165, 1.54) is 6.92 Å². The maximum atomic E-state index is 13.4. The number of nitrogens with one attached hydrogen (secondary N) is 4. The minimum absolute atomic E-state index is 0.0347. The number of rotatable bonds is 27. The Labute approximate surface area is 375 Å². The van der Waals surface area contributed by atoms with E-state index in [2.05, 4.69) is 58.1 Å². The fraction of sp³-hybridized carbons (Fsp3) is 0.458. The van der Waals surface area contributed by atoms with Crippen molar-refractivity contribution in [3.8, 4) is 22.5 Å². The van der Waals surface area contributed by atoms with Crippen LogP contribution in [-0.2, 0) is 39.9 Å². The van der Waals surface area contributed by atoms with E-state index >= 15 is 0 Å². The molecule has 2 aliphatic rings. The third-order valence-electron chi connectivity index (χ3n) is 10.6. The lowest BCUT2D eigenvalue weighted by Gasteiger charge is -2.22. The van der Waals surface area contributed by atoms with Gasteiger partial charge in [0.1, 0.15) is 37.6 Å². The van der Waals surface area contributed by atoms with Crippen molar-refractivity contribution in [2.24, 2.45) is 0 Å². The van der Waals surface area contributed by atoms with Crippen LogP contribution in [0.2, 0.25) is 0 Å². The van der Waals surface area contributed by atoms with Crippen molar-refractivity contribution >= 4 is 46.3 Å². The van der Waals surface area contributed by atoms with E-state index in [0.717, 1.165) is 47.2 Å². The molecule has 2 aromatic carbocycles. The molecule has 16 heteroatoms. The summed E-state index contributed by atoms with van der Waals surface area (Å²) in [6, 6.07) is 16.3. The maximum Gasteiger partial charge on any atom is 0.336 e. The Bertz CT molecular complexity index is 2280. The van der Waals surface area contributed by atoms with Crippen LogP contribution in [0.5, 0.6) is 0 Å².